The number of hydrogen-bond donors (Lipinski definition) is 1. The van der Waals surface area contributed by atoms with E-state index in [0.29, 0.717) is 6.42 Å². The minimum absolute atomic E-state index is 0.0831. The lowest BCUT2D eigenvalue weighted by Crippen LogP contribution is -2.33. The van der Waals surface area contributed by atoms with E-state index in [0.717, 1.165) is 35.4 Å². The molecule has 2 aromatic carbocycles. The summed E-state index contributed by atoms with van der Waals surface area (Å²) in [5.41, 5.74) is 7.06. The fourth-order valence-corrected chi connectivity index (χ4v) is 3.85. The van der Waals surface area contributed by atoms with Crippen LogP contribution < -0.4 is 10.1 Å². The van der Waals surface area contributed by atoms with Crippen LogP contribution in [0.15, 0.2) is 30.3 Å². The van der Waals surface area contributed by atoms with Crippen molar-refractivity contribution >= 4 is 11.6 Å². The second-order valence-electron chi connectivity index (χ2n) is 7.42. The Morgan fingerprint density at radius 1 is 1.04 bits per heavy atom. The number of nitrogens with one attached hydrogen (secondary N) is 1. The predicted octanol–water partition coefficient (Wildman–Crippen LogP) is 5.29. The van der Waals surface area contributed by atoms with Crippen LogP contribution in [-0.4, -0.2) is 12.0 Å². The summed E-state index contributed by atoms with van der Waals surface area (Å²) in [5.74, 6) is 0.713. The smallest absolute Gasteiger partial charge is 0.265 e. The van der Waals surface area contributed by atoms with Gasteiger partial charge in [-0.3, -0.25) is 4.79 Å². The highest BCUT2D eigenvalue weighted by Crippen LogP contribution is 2.27. The first-order valence-corrected chi connectivity index (χ1v) is 9.65. The summed E-state index contributed by atoms with van der Waals surface area (Å²) in [6.45, 7) is 8.11. The zero-order valence-electron chi connectivity index (χ0n) is 16.3. The third kappa shape index (κ3) is 4.09. The molecule has 0 aliphatic heterocycles. The molecular formula is C23H29NO2. The molecule has 1 aliphatic carbocycles. The first kappa shape index (κ1) is 18.5. The van der Waals surface area contributed by atoms with Gasteiger partial charge in [-0.05, 0) is 87.3 Å². The number of aryl methyl sites for hydroxylation is 5. The van der Waals surface area contributed by atoms with Crippen molar-refractivity contribution in [2.75, 3.05) is 5.32 Å². The zero-order valence-corrected chi connectivity index (χ0v) is 16.3. The molecule has 0 fully saturated rings. The molecule has 0 radical (unpaired) electrons. The number of carbonyl (C=O) groups excluding carboxylic acids is 1. The highest BCUT2D eigenvalue weighted by Gasteiger charge is 2.21. The maximum atomic E-state index is 12.8. The molecule has 0 saturated heterocycles. The standard InChI is InChI=1S/C23H29NO2/c1-5-21(23(25)24-22-16(3)12-15(2)13-17(22)4)26-20-11-10-18-8-6-7-9-19(18)14-20/h10-14,21H,5-9H2,1-4H3,(H,24,25)/t21-/m1/s1. The molecule has 1 aliphatic rings. The van der Waals surface area contributed by atoms with E-state index in [-0.39, 0.29) is 5.91 Å². The third-order valence-electron chi connectivity index (χ3n) is 5.19. The lowest BCUT2D eigenvalue weighted by atomic mass is 9.92. The molecule has 1 N–H and O–H groups in total. The van der Waals surface area contributed by atoms with Crippen molar-refractivity contribution in [2.24, 2.45) is 0 Å². The van der Waals surface area contributed by atoms with E-state index in [1.54, 1.807) is 0 Å². The molecule has 0 spiro atoms. The van der Waals surface area contributed by atoms with Crippen molar-refractivity contribution in [3.63, 3.8) is 0 Å². The molecule has 3 heteroatoms. The van der Waals surface area contributed by atoms with Crippen LogP contribution in [0.3, 0.4) is 0 Å². The second kappa shape index (κ2) is 7.94. The van der Waals surface area contributed by atoms with Crippen LogP contribution in [0.25, 0.3) is 0 Å². The van der Waals surface area contributed by atoms with Gasteiger partial charge in [0.2, 0.25) is 0 Å². The normalized spacial score (nSPS) is 14.5. The highest BCUT2D eigenvalue weighted by molar-refractivity contribution is 5.95. The summed E-state index contributed by atoms with van der Waals surface area (Å²) in [6.07, 6.45) is 4.91. The van der Waals surface area contributed by atoms with Crippen LogP contribution in [0.5, 0.6) is 5.75 Å². The van der Waals surface area contributed by atoms with E-state index in [1.807, 2.05) is 26.8 Å². The van der Waals surface area contributed by atoms with Gasteiger partial charge in [0.25, 0.3) is 5.91 Å². The van der Waals surface area contributed by atoms with Gasteiger partial charge >= 0.3 is 0 Å². The van der Waals surface area contributed by atoms with E-state index < -0.39 is 6.10 Å². The Labute approximate surface area is 156 Å². The summed E-state index contributed by atoms with van der Waals surface area (Å²) in [7, 11) is 0. The first-order valence-electron chi connectivity index (χ1n) is 9.65. The molecule has 3 rings (SSSR count). The van der Waals surface area contributed by atoms with E-state index >= 15 is 0 Å². The number of anilines is 1. The molecular weight excluding hydrogens is 322 g/mol. The average Bonchev–Trinajstić information content (AvgIpc) is 2.62. The molecule has 3 nitrogen and oxygen atoms in total. The molecule has 0 bridgehead atoms. The monoisotopic (exact) mass is 351 g/mol. The van der Waals surface area contributed by atoms with Crippen LogP contribution in [0.1, 0.15) is 54.0 Å². The molecule has 1 atom stereocenters. The second-order valence-corrected chi connectivity index (χ2v) is 7.42. The van der Waals surface area contributed by atoms with Crippen LogP contribution in [0, 0.1) is 20.8 Å². The molecule has 0 aromatic heterocycles. The van der Waals surface area contributed by atoms with Crippen molar-refractivity contribution < 1.29 is 9.53 Å². The Kier molecular flexibility index (Phi) is 5.65. The van der Waals surface area contributed by atoms with Crippen LogP contribution in [-0.2, 0) is 17.6 Å². The Bertz CT molecular complexity index is 787. The Hall–Kier alpha value is -2.29. The van der Waals surface area contributed by atoms with E-state index in [1.165, 1.54) is 29.5 Å². The van der Waals surface area contributed by atoms with Crippen molar-refractivity contribution in [1.82, 2.24) is 0 Å². The lowest BCUT2D eigenvalue weighted by molar-refractivity contribution is -0.122. The third-order valence-corrected chi connectivity index (χ3v) is 5.19. The maximum absolute atomic E-state index is 12.8. The fourth-order valence-electron chi connectivity index (χ4n) is 3.85. The van der Waals surface area contributed by atoms with Gasteiger partial charge in [-0.2, -0.15) is 0 Å². The van der Waals surface area contributed by atoms with Crippen molar-refractivity contribution in [3.8, 4) is 5.75 Å². The molecule has 0 unspecified atom stereocenters. The Balaban J connectivity index is 1.73. The molecule has 1 amide bonds. The molecule has 26 heavy (non-hydrogen) atoms. The van der Waals surface area contributed by atoms with Crippen molar-refractivity contribution in [3.05, 3.63) is 58.1 Å². The van der Waals surface area contributed by atoms with E-state index in [9.17, 15) is 4.79 Å². The largest absolute Gasteiger partial charge is 0.481 e. The Morgan fingerprint density at radius 2 is 1.69 bits per heavy atom. The summed E-state index contributed by atoms with van der Waals surface area (Å²) in [4.78, 5) is 12.8. The Morgan fingerprint density at radius 3 is 2.35 bits per heavy atom. The summed E-state index contributed by atoms with van der Waals surface area (Å²) >= 11 is 0. The van der Waals surface area contributed by atoms with Crippen LogP contribution >= 0.6 is 0 Å². The minimum atomic E-state index is -0.489. The minimum Gasteiger partial charge on any atom is -0.481 e. The number of carbonyl (C=O) groups is 1. The van der Waals surface area contributed by atoms with Gasteiger partial charge in [0.15, 0.2) is 6.10 Å². The zero-order chi connectivity index (χ0) is 18.7. The number of hydrogen-bond acceptors (Lipinski definition) is 2. The molecule has 0 heterocycles. The predicted molar refractivity (Wildman–Crippen MR) is 107 cm³/mol. The fraction of sp³-hybridized carbons (Fsp3) is 0.435. The van der Waals surface area contributed by atoms with Crippen LogP contribution in [0.2, 0.25) is 0 Å². The highest BCUT2D eigenvalue weighted by atomic mass is 16.5. The summed E-state index contributed by atoms with van der Waals surface area (Å²) < 4.78 is 6.06. The average molecular weight is 351 g/mol. The summed E-state index contributed by atoms with van der Waals surface area (Å²) in [6, 6.07) is 10.5. The lowest BCUT2D eigenvalue weighted by Gasteiger charge is -2.21. The van der Waals surface area contributed by atoms with Gasteiger partial charge in [0.05, 0.1) is 0 Å². The van der Waals surface area contributed by atoms with Crippen molar-refractivity contribution in [2.45, 2.75) is 65.9 Å². The van der Waals surface area contributed by atoms with Gasteiger partial charge in [-0.15, -0.1) is 0 Å². The topological polar surface area (TPSA) is 38.3 Å². The van der Waals surface area contributed by atoms with E-state index in [2.05, 4.69) is 36.5 Å². The quantitative estimate of drug-likeness (QED) is 0.795. The SMILES string of the molecule is CC[C@@H](Oc1ccc2c(c1)CCCC2)C(=O)Nc1c(C)cc(C)cc1C. The van der Waals surface area contributed by atoms with E-state index in [4.69, 9.17) is 4.74 Å². The van der Waals surface area contributed by atoms with Crippen molar-refractivity contribution in [1.29, 1.82) is 0 Å². The number of amides is 1. The molecule has 138 valence electrons. The number of ether oxygens (including phenoxy) is 1. The van der Waals surface area contributed by atoms with Gasteiger partial charge < -0.3 is 10.1 Å². The first-order chi connectivity index (χ1) is 12.5. The number of rotatable bonds is 5. The van der Waals surface area contributed by atoms with Gasteiger partial charge in [0.1, 0.15) is 5.75 Å². The number of fused-ring (bicyclic) bond motifs is 1. The number of benzene rings is 2. The molecule has 0 saturated carbocycles. The van der Waals surface area contributed by atoms with Gasteiger partial charge in [-0.25, -0.2) is 0 Å². The summed E-state index contributed by atoms with van der Waals surface area (Å²) in [5, 5.41) is 3.08. The van der Waals surface area contributed by atoms with Gasteiger partial charge in [0, 0.05) is 5.69 Å². The molecule has 2 aromatic rings. The van der Waals surface area contributed by atoms with Crippen LogP contribution in [0.4, 0.5) is 5.69 Å². The van der Waals surface area contributed by atoms with Gasteiger partial charge in [-0.1, -0.05) is 30.7 Å². The maximum Gasteiger partial charge on any atom is 0.265 e.